The number of rotatable bonds is 9. The summed E-state index contributed by atoms with van der Waals surface area (Å²) in [6.07, 6.45) is 2.12. The van der Waals surface area contributed by atoms with Crippen molar-refractivity contribution in [2.45, 2.75) is 39.8 Å². The number of aliphatic hydroxyl groups is 1. The number of guanidine groups is 1. The van der Waals surface area contributed by atoms with Gasteiger partial charge in [-0.1, -0.05) is 30.3 Å². The Kier molecular flexibility index (Phi) is 9.03. The maximum atomic E-state index is 9.32. The number of nitrogens with one attached hydrogen (secondary N) is 2. The number of hydrogen-bond donors (Lipinski definition) is 3. The number of hydrogen-bond acceptors (Lipinski definition) is 4. The molecular weight excluding hydrogens is 388 g/mol. The van der Waals surface area contributed by atoms with Crippen molar-refractivity contribution in [1.82, 2.24) is 10.6 Å². The Hall–Kier alpha value is -2.73. The molecule has 0 spiro atoms. The zero-order chi connectivity index (χ0) is 21.9. The van der Waals surface area contributed by atoms with Gasteiger partial charge in [0.25, 0.3) is 0 Å². The minimum absolute atomic E-state index is 0.310. The van der Waals surface area contributed by atoms with E-state index >= 15 is 0 Å². The van der Waals surface area contributed by atoms with E-state index in [1.165, 1.54) is 11.3 Å². The van der Waals surface area contributed by atoms with Crippen LogP contribution in [0.4, 0.5) is 5.69 Å². The Morgan fingerprint density at radius 1 is 1.06 bits per heavy atom. The standard InChI is InChI=1S/C25H36N4O2/c1-3-26-25(28-18-22-7-5-6-8-24(22)31-4-2)27-17-20-9-11-23(12-10-20)29-15-13-21(19-30)14-16-29/h5-12,21,30H,3-4,13-19H2,1-2H3,(H2,26,27,28). The van der Waals surface area contributed by atoms with Gasteiger partial charge in [-0.25, -0.2) is 4.99 Å². The van der Waals surface area contributed by atoms with Gasteiger partial charge >= 0.3 is 0 Å². The minimum Gasteiger partial charge on any atom is -0.494 e. The van der Waals surface area contributed by atoms with Gasteiger partial charge in [0, 0.05) is 44.0 Å². The van der Waals surface area contributed by atoms with Gasteiger partial charge in [-0.15, -0.1) is 0 Å². The summed E-state index contributed by atoms with van der Waals surface area (Å²) >= 11 is 0. The lowest BCUT2D eigenvalue weighted by atomic mass is 9.97. The molecule has 1 aliphatic heterocycles. The summed E-state index contributed by atoms with van der Waals surface area (Å²) in [6.45, 7) is 9.14. The smallest absolute Gasteiger partial charge is 0.191 e. The highest BCUT2D eigenvalue weighted by Gasteiger charge is 2.18. The molecule has 0 aliphatic carbocycles. The Bertz CT molecular complexity index is 815. The van der Waals surface area contributed by atoms with Crippen molar-refractivity contribution in [3.8, 4) is 5.75 Å². The number of ether oxygens (including phenoxy) is 1. The van der Waals surface area contributed by atoms with E-state index in [0.29, 0.717) is 32.2 Å². The first kappa shape index (κ1) is 22.9. The van der Waals surface area contributed by atoms with E-state index in [4.69, 9.17) is 9.73 Å². The third kappa shape index (κ3) is 6.89. The lowest BCUT2D eigenvalue weighted by molar-refractivity contribution is 0.203. The van der Waals surface area contributed by atoms with E-state index in [0.717, 1.165) is 49.7 Å². The Morgan fingerprint density at radius 3 is 2.48 bits per heavy atom. The van der Waals surface area contributed by atoms with Gasteiger partial charge in [0.05, 0.1) is 13.2 Å². The Balaban J connectivity index is 1.56. The highest BCUT2D eigenvalue weighted by atomic mass is 16.5. The Labute approximate surface area is 186 Å². The normalized spacial score (nSPS) is 15.1. The van der Waals surface area contributed by atoms with Gasteiger partial charge in [0.15, 0.2) is 5.96 Å². The molecule has 0 saturated carbocycles. The summed E-state index contributed by atoms with van der Waals surface area (Å²) < 4.78 is 5.72. The summed E-state index contributed by atoms with van der Waals surface area (Å²) in [7, 11) is 0. The van der Waals surface area contributed by atoms with E-state index in [1.54, 1.807) is 0 Å². The fourth-order valence-corrected chi connectivity index (χ4v) is 3.82. The molecule has 2 aromatic carbocycles. The maximum Gasteiger partial charge on any atom is 0.191 e. The van der Waals surface area contributed by atoms with Crippen molar-refractivity contribution in [1.29, 1.82) is 0 Å². The van der Waals surface area contributed by atoms with E-state index < -0.39 is 0 Å². The van der Waals surface area contributed by atoms with Gasteiger partial charge in [0.1, 0.15) is 5.75 Å². The van der Waals surface area contributed by atoms with Crippen molar-refractivity contribution in [2.75, 3.05) is 37.7 Å². The molecule has 1 heterocycles. The molecular formula is C25H36N4O2. The molecule has 0 aromatic heterocycles. The van der Waals surface area contributed by atoms with Crippen LogP contribution in [-0.2, 0) is 13.1 Å². The van der Waals surface area contributed by atoms with Gasteiger partial charge < -0.3 is 25.4 Å². The van der Waals surface area contributed by atoms with Crippen LogP contribution in [-0.4, -0.2) is 43.9 Å². The molecule has 0 unspecified atom stereocenters. The van der Waals surface area contributed by atoms with E-state index in [2.05, 4.69) is 52.8 Å². The van der Waals surface area contributed by atoms with Crippen LogP contribution < -0.4 is 20.3 Å². The third-order valence-corrected chi connectivity index (χ3v) is 5.66. The molecule has 3 N–H and O–H groups in total. The number of nitrogens with zero attached hydrogens (tertiary/aromatic N) is 2. The zero-order valence-corrected chi connectivity index (χ0v) is 18.8. The summed E-state index contributed by atoms with van der Waals surface area (Å²) in [6, 6.07) is 16.8. The molecule has 0 bridgehead atoms. The van der Waals surface area contributed by atoms with Crippen LogP contribution in [0.25, 0.3) is 0 Å². The van der Waals surface area contributed by atoms with E-state index in [9.17, 15) is 5.11 Å². The highest BCUT2D eigenvalue weighted by Crippen LogP contribution is 2.23. The van der Waals surface area contributed by atoms with Gasteiger partial charge in [0.2, 0.25) is 0 Å². The van der Waals surface area contributed by atoms with E-state index in [1.807, 2.05) is 25.1 Å². The number of aliphatic hydroxyl groups excluding tert-OH is 1. The second-order valence-corrected chi connectivity index (χ2v) is 7.87. The summed E-state index contributed by atoms with van der Waals surface area (Å²) in [5.74, 6) is 2.17. The van der Waals surface area contributed by atoms with Gasteiger partial charge in [-0.3, -0.25) is 0 Å². The fourth-order valence-electron chi connectivity index (χ4n) is 3.82. The second kappa shape index (κ2) is 12.2. The third-order valence-electron chi connectivity index (χ3n) is 5.66. The summed E-state index contributed by atoms with van der Waals surface area (Å²) in [4.78, 5) is 7.15. The highest BCUT2D eigenvalue weighted by molar-refractivity contribution is 5.79. The molecule has 0 amide bonds. The number of piperidine rings is 1. The average Bonchev–Trinajstić information content (AvgIpc) is 2.82. The number of aliphatic imine (C=N–C) groups is 1. The predicted octanol–water partition coefficient (Wildman–Crippen LogP) is 3.55. The molecule has 31 heavy (non-hydrogen) atoms. The second-order valence-electron chi connectivity index (χ2n) is 7.87. The van der Waals surface area contributed by atoms with Crippen LogP contribution in [0.2, 0.25) is 0 Å². The number of para-hydroxylation sites is 1. The largest absolute Gasteiger partial charge is 0.494 e. The topological polar surface area (TPSA) is 69.1 Å². The number of benzene rings is 2. The summed E-state index contributed by atoms with van der Waals surface area (Å²) in [5.41, 5.74) is 3.55. The molecule has 168 valence electrons. The Morgan fingerprint density at radius 2 is 1.81 bits per heavy atom. The molecule has 3 rings (SSSR count). The van der Waals surface area contributed by atoms with Crippen LogP contribution in [0.3, 0.4) is 0 Å². The first-order chi connectivity index (χ1) is 15.2. The van der Waals surface area contributed by atoms with Crippen LogP contribution in [0, 0.1) is 5.92 Å². The zero-order valence-electron chi connectivity index (χ0n) is 18.8. The predicted molar refractivity (Wildman–Crippen MR) is 128 cm³/mol. The minimum atomic E-state index is 0.310. The van der Waals surface area contributed by atoms with Gasteiger partial charge in [-0.05, 0) is 56.4 Å². The lowest BCUT2D eigenvalue weighted by Gasteiger charge is -2.32. The molecule has 1 aliphatic rings. The molecule has 2 aromatic rings. The van der Waals surface area contributed by atoms with Crippen molar-refractivity contribution in [3.05, 3.63) is 59.7 Å². The molecule has 1 fully saturated rings. The van der Waals surface area contributed by atoms with Crippen LogP contribution in [0.5, 0.6) is 5.75 Å². The SMILES string of the molecule is CCNC(=NCc1ccc(N2CCC(CO)CC2)cc1)NCc1ccccc1OCC. The quantitative estimate of drug-likeness (QED) is 0.424. The van der Waals surface area contributed by atoms with Crippen LogP contribution >= 0.6 is 0 Å². The first-order valence-electron chi connectivity index (χ1n) is 11.4. The van der Waals surface area contributed by atoms with Crippen molar-refractivity contribution >= 4 is 11.6 Å². The molecule has 0 radical (unpaired) electrons. The summed E-state index contributed by atoms with van der Waals surface area (Å²) in [5, 5.41) is 16.0. The molecule has 1 saturated heterocycles. The van der Waals surface area contributed by atoms with E-state index in [-0.39, 0.29) is 0 Å². The van der Waals surface area contributed by atoms with Crippen molar-refractivity contribution in [3.63, 3.8) is 0 Å². The lowest BCUT2D eigenvalue weighted by Crippen LogP contribution is -2.36. The monoisotopic (exact) mass is 424 g/mol. The average molecular weight is 425 g/mol. The maximum absolute atomic E-state index is 9.32. The van der Waals surface area contributed by atoms with Crippen molar-refractivity contribution in [2.24, 2.45) is 10.9 Å². The van der Waals surface area contributed by atoms with Crippen molar-refractivity contribution < 1.29 is 9.84 Å². The van der Waals surface area contributed by atoms with Crippen LogP contribution in [0.1, 0.15) is 37.8 Å². The molecule has 6 heteroatoms. The molecule has 6 nitrogen and oxygen atoms in total. The molecule has 0 atom stereocenters. The first-order valence-corrected chi connectivity index (χ1v) is 11.4. The number of anilines is 1. The fraction of sp³-hybridized carbons (Fsp3) is 0.480. The van der Waals surface area contributed by atoms with Crippen LogP contribution in [0.15, 0.2) is 53.5 Å². The van der Waals surface area contributed by atoms with Gasteiger partial charge in [-0.2, -0.15) is 0 Å².